The van der Waals surface area contributed by atoms with Crippen molar-refractivity contribution in [1.29, 1.82) is 0 Å². The van der Waals surface area contributed by atoms with Gasteiger partial charge in [-0.15, -0.1) is 12.3 Å². The van der Waals surface area contributed by atoms with E-state index >= 15 is 0 Å². The highest BCUT2D eigenvalue weighted by Gasteiger charge is 1.93. The van der Waals surface area contributed by atoms with Crippen LogP contribution in [0.5, 0.6) is 0 Å². The minimum Gasteiger partial charge on any atom is -0.120 e. The molecule has 0 N–H and O–H groups in total. The summed E-state index contributed by atoms with van der Waals surface area (Å²) in [6.45, 7) is 2.29. The SMILES string of the molecule is C#CCCCCCCCCCCCCCCCCC. The largest absolute Gasteiger partial charge is 0.120 e. The van der Waals surface area contributed by atoms with E-state index in [2.05, 4.69) is 12.8 Å². The molecule has 19 heavy (non-hydrogen) atoms. The fourth-order valence-corrected chi connectivity index (χ4v) is 2.60. The fraction of sp³-hybridized carbons (Fsp3) is 0.895. The summed E-state index contributed by atoms with van der Waals surface area (Å²) in [6, 6.07) is 0. The summed E-state index contributed by atoms with van der Waals surface area (Å²) in [4.78, 5) is 0. The summed E-state index contributed by atoms with van der Waals surface area (Å²) in [5, 5.41) is 0. The number of unbranched alkanes of at least 4 members (excludes halogenated alkanes) is 15. The van der Waals surface area contributed by atoms with Crippen LogP contribution in [-0.2, 0) is 0 Å². The number of terminal acetylenes is 1. The van der Waals surface area contributed by atoms with Crippen LogP contribution in [0.1, 0.15) is 110 Å². The first-order valence-electron chi connectivity index (χ1n) is 8.85. The van der Waals surface area contributed by atoms with Crippen molar-refractivity contribution in [3.63, 3.8) is 0 Å². The molecule has 0 aliphatic carbocycles. The van der Waals surface area contributed by atoms with Crippen molar-refractivity contribution < 1.29 is 0 Å². The van der Waals surface area contributed by atoms with Crippen molar-refractivity contribution in [2.45, 2.75) is 110 Å². The van der Waals surface area contributed by atoms with Crippen LogP contribution in [0.15, 0.2) is 0 Å². The van der Waals surface area contributed by atoms with E-state index in [1.165, 1.54) is 96.3 Å². The highest BCUT2D eigenvalue weighted by Crippen LogP contribution is 2.13. The van der Waals surface area contributed by atoms with Gasteiger partial charge in [0.1, 0.15) is 0 Å². The van der Waals surface area contributed by atoms with Crippen molar-refractivity contribution in [2.24, 2.45) is 0 Å². The van der Waals surface area contributed by atoms with Crippen LogP contribution in [0.2, 0.25) is 0 Å². The quantitative estimate of drug-likeness (QED) is 0.223. The molecular formula is C19H36. The van der Waals surface area contributed by atoms with Gasteiger partial charge in [-0.3, -0.25) is 0 Å². The van der Waals surface area contributed by atoms with Crippen molar-refractivity contribution in [1.82, 2.24) is 0 Å². The van der Waals surface area contributed by atoms with Crippen molar-refractivity contribution >= 4 is 0 Å². The van der Waals surface area contributed by atoms with Crippen molar-refractivity contribution in [2.75, 3.05) is 0 Å². The predicted molar refractivity (Wildman–Crippen MR) is 88.4 cm³/mol. The average Bonchev–Trinajstić information content (AvgIpc) is 2.43. The maximum atomic E-state index is 5.23. The molecule has 0 saturated heterocycles. The zero-order valence-electron chi connectivity index (χ0n) is 13.4. The molecule has 0 heterocycles. The smallest absolute Gasteiger partial charge is 0.00860 e. The summed E-state index contributed by atoms with van der Waals surface area (Å²) >= 11 is 0. The van der Waals surface area contributed by atoms with Gasteiger partial charge in [0.05, 0.1) is 0 Å². The summed E-state index contributed by atoms with van der Waals surface area (Å²) in [5.41, 5.74) is 0. The highest BCUT2D eigenvalue weighted by molar-refractivity contribution is 4.82. The van der Waals surface area contributed by atoms with Gasteiger partial charge in [0.2, 0.25) is 0 Å². The molecule has 0 atom stereocenters. The third-order valence-electron chi connectivity index (χ3n) is 3.92. The molecule has 0 aromatic heterocycles. The molecule has 0 aromatic carbocycles. The van der Waals surface area contributed by atoms with E-state index in [9.17, 15) is 0 Å². The number of hydrogen-bond donors (Lipinski definition) is 0. The second kappa shape index (κ2) is 17.6. The van der Waals surface area contributed by atoms with Crippen LogP contribution in [-0.4, -0.2) is 0 Å². The van der Waals surface area contributed by atoms with Crippen molar-refractivity contribution in [3.05, 3.63) is 0 Å². The average molecular weight is 264 g/mol. The monoisotopic (exact) mass is 264 g/mol. The lowest BCUT2D eigenvalue weighted by Crippen LogP contribution is -1.83. The Hall–Kier alpha value is -0.440. The second-order valence-corrected chi connectivity index (χ2v) is 5.90. The van der Waals surface area contributed by atoms with Gasteiger partial charge in [-0.1, -0.05) is 96.8 Å². The zero-order valence-corrected chi connectivity index (χ0v) is 13.4. The standard InChI is InChI=1S/C19H36/c1-3-5-7-9-11-13-15-17-19-18-16-14-12-10-8-6-4-2/h1H,4-19H2,2H3. The van der Waals surface area contributed by atoms with E-state index in [0.29, 0.717) is 0 Å². The summed E-state index contributed by atoms with van der Waals surface area (Å²) in [5.74, 6) is 2.71. The first-order valence-corrected chi connectivity index (χ1v) is 8.85. The van der Waals surface area contributed by atoms with Crippen LogP contribution in [0, 0.1) is 12.3 Å². The molecule has 0 saturated carbocycles. The molecule has 0 spiro atoms. The van der Waals surface area contributed by atoms with E-state index in [1.54, 1.807) is 0 Å². The van der Waals surface area contributed by atoms with Gasteiger partial charge in [0.25, 0.3) is 0 Å². The summed E-state index contributed by atoms with van der Waals surface area (Å²) < 4.78 is 0. The maximum Gasteiger partial charge on any atom is 0.00860 e. The van der Waals surface area contributed by atoms with Crippen LogP contribution >= 0.6 is 0 Å². The molecular weight excluding hydrogens is 228 g/mol. The molecule has 0 aliphatic rings. The second-order valence-electron chi connectivity index (χ2n) is 5.90. The molecule has 0 fully saturated rings. The van der Waals surface area contributed by atoms with E-state index in [-0.39, 0.29) is 0 Å². The Balaban J connectivity index is 2.90. The lowest BCUT2D eigenvalue weighted by Gasteiger charge is -2.02. The van der Waals surface area contributed by atoms with Gasteiger partial charge in [-0.25, -0.2) is 0 Å². The molecule has 0 unspecified atom stereocenters. The van der Waals surface area contributed by atoms with Crippen LogP contribution < -0.4 is 0 Å². The summed E-state index contributed by atoms with van der Waals surface area (Å²) in [7, 11) is 0. The molecule has 0 heteroatoms. The lowest BCUT2D eigenvalue weighted by atomic mass is 10.0. The van der Waals surface area contributed by atoms with Crippen LogP contribution in [0.4, 0.5) is 0 Å². The van der Waals surface area contributed by atoms with E-state index in [1.807, 2.05) is 0 Å². The Labute approximate surface area is 122 Å². The molecule has 0 radical (unpaired) electrons. The molecule has 0 amide bonds. The van der Waals surface area contributed by atoms with Gasteiger partial charge >= 0.3 is 0 Å². The van der Waals surface area contributed by atoms with Gasteiger partial charge in [-0.05, 0) is 6.42 Å². The Morgan fingerprint density at radius 1 is 0.526 bits per heavy atom. The topological polar surface area (TPSA) is 0 Å². The highest BCUT2D eigenvalue weighted by atomic mass is 14.0. The Bertz CT molecular complexity index is 187. The first-order chi connectivity index (χ1) is 9.41. The first kappa shape index (κ1) is 18.6. The third kappa shape index (κ3) is 17.6. The molecule has 0 aromatic rings. The molecule has 0 nitrogen and oxygen atoms in total. The van der Waals surface area contributed by atoms with Crippen LogP contribution in [0.3, 0.4) is 0 Å². The number of rotatable bonds is 15. The van der Waals surface area contributed by atoms with E-state index in [0.717, 1.165) is 6.42 Å². The Morgan fingerprint density at radius 2 is 0.842 bits per heavy atom. The Kier molecular flexibility index (Phi) is 17.2. The minimum atomic E-state index is 0.970. The molecule has 112 valence electrons. The molecule has 0 rings (SSSR count). The number of hydrogen-bond acceptors (Lipinski definition) is 0. The molecule has 0 bridgehead atoms. The van der Waals surface area contributed by atoms with E-state index in [4.69, 9.17) is 6.42 Å². The lowest BCUT2D eigenvalue weighted by molar-refractivity contribution is 0.533. The van der Waals surface area contributed by atoms with E-state index < -0.39 is 0 Å². The zero-order chi connectivity index (χ0) is 14.0. The van der Waals surface area contributed by atoms with Gasteiger partial charge in [-0.2, -0.15) is 0 Å². The maximum absolute atomic E-state index is 5.23. The summed E-state index contributed by atoms with van der Waals surface area (Å²) in [6.07, 6.45) is 27.5. The van der Waals surface area contributed by atoms with Crippen molar-refractivity contribution in [3.8, 4) is 12.3 Å². The Morgan fingerprint density at radius 3 is 1.16 bits per heavy atom. The van der Waals surface area contributed by atoms with Gasteiger partial charge in [0.15, 0.2) is 0 Å². The normalized spacial score (nSPS) is 10.5. The van der Waals surface area contributed by atoms with Gasteiger partial charge in [0, 0.05) is 6.42 Å². The minimum absolute atomic E-state index is 0.970. The van der Waals surface area contributed by atoms with Crippen LogP contribution in [0.25, 0.3) is 0 Å². The molecule has 0 aliphatic heterocycles. The predicted octanol–water partition coefficient (Wildman–Crippen LogP) is 6.88. The van der Waals surface area contributed by atoms with Gasteiger partial charge < -0.3 is 0 Å². The fourth-order valence-electron chi connectivity index (χ4n) is 2.60. The third-order valence-corrected chi connectivity index (χ3v) is 3.92.